The van der Waals surface area contributed by atoms with Crippen LogP contribution >= 0.6 is 0 Å². The predicted molar refractivity (Wildman–Crippen MR) is 57.1 cm³/mol. The normalized spacial score (nSPS) is 8.18. The molecular weight excluding hydrogens is 132 g/mol. The van der Waals surface area contributed by atoms with E-state index >= 15 is 0 Å². The fourth-order valence-electron chi connectivity index (χ4n) is 1.03. The molecule has 0 saturated carbocycles. The van der Waals surface area contributed by atoms with E-state index in [0.717, 1.165) is 0 Å². The van der Waals surface area contributed by atoms with Crippen molar-refractivity contribution in [1.29, 1.82) is 0 Å². The van der Waals surface area contributed by atoms with E-state index in [4.69, 9.17) is 0 Å². The molecule has 0 radical (unpaired) electrons. The molecule has 11 heavy (non-hydrogen) atoms. The van der Waals surface area contributed by atoms with E-state index in [-0.39, 0.29) is 14.9 Å². The van der Waals surface area contributed by atoms with Crippen molar-refractivity contribution in [2.24, 2.45) is 0 Å². The Morgan fingerprint density at radius 3 is 1.09 bits per heavy atom. The van der Waals surface area contributed by atoms with Crippen LogP contribution in [0.2, 0.25) is 0 Å². The van der Waals surface area contributed by atoms with Crippen LogP contribution in [0.1, 0.15) is 73.6 Å². The van der Waals surface area contributed by atoms with E-state index in [0.29, 0.717) is 0 Å². The summed E-state index contributed by atoms with van der Waals surface area (Å²) in [6.45, 7) is 4.53. The van der Waals surface area contributed by atoms with Crippen LogP contribution in [0.25, 0.3) is 0 Å². The third-order valence-electron chi connectivity index (χ3n) is 1.71. The van der Waals surface area contributed by atoms with Gasteiger partial charge in [0.05, 0.1) is 0 Å². The van der Waals surface area contributed by atoms with Crippen molar-refractivity contribution in [3.05, 3.63) is 0 Å². The maximum absolute atomic E-state index is 2.26. The largest absolute Gasteiger partial charge is 0.0776 e. The van der Waals surface area contributed by atoms with Crippen molar-refractivity contribution in [3.8, 4) is 0 Å². The SMILES string of the molecule is C.C.CCCCCCCCC. The van der Waals surface area contributed by atoms with Gasteiger partial charge in [0.15, 0.2) is 0 Å². The highest BCUT2D eigenvalue weighted by molar-refractivity contribution is 4.41. The summed E-state index contributed by atoms with van der Waals surface area (Å²) >= 11 is 0. The molecule has 0 heterocycles. The van der Waals surface area contributed by atoms with E-state index in [1.807, 2.05) is 0 Å². The lowest BCUT2D eigenvalue weighted by molar-refractivity contribution is 0.602. The van der Waals surface area contributed by atoms with Crippen molar-refractivity contribution in [2.75, 3.05) is 0 Å². The van der Waals surface area contributed by atoms with E-state index in [1.165, 1.54) is 44.9 Å². The van der Waals surface area contributed by atoms with E-state index in [2.05, 4.69) is 13.8 Å². The minimum Gasteiger partial charge on any atom is -0.0776 e. The zero-order valence-corrected chi connectivity index (χ0v) is 6.95. The maximum atomic E-state index is 2.26. The highest BCUT2D eigenvalue weighted by atomic mass is 13.9. The van der Waals surface area contributed by atoms with Crippen molar-refractivity contribution in [3.63, 3.8) is 0 Å². The first-order valence-corrected chi connectivity index (χ1v) is 4.41. The molecule has 0 heteroatoms. The van der Waals surface area contributed by atoms with Crippen LogP contribution in [0.5, 0.6) is 0 Å². The first-order chi connectivity index (χ1) is 4.41. The Balaban J connectivity index is -0.000000320. The Morgan fingerprint density at radius 1 is 0.545 bits per heavy atom. The van der Waals surface area contributed by atoms with Gasteiger partial charge in [0.25, 0.3) is 0 Å². The Labute approximate surface area is 74.4 Å². The molecule has 0 fully saturated rings. The van der Waals surface area contributed by atoms with Crippen LogP contribution in [0.3, 0.4) is 0 Å². The lowest BCUT2D eigenvalue weighted by Gasteiger charge is -1.96. The fraction of sp³-hybridized carbons (Fsp3) is 1.00. The quantitative estimate of drug-likeness (QED) is 0.478. The van der Waals surface area contributed by atoms with Gasteiger partial charge in [-0.15, -0.1) is 0 Å². The molecule has 0 bridgehead atoms. The van der Waals surface area contributed by atoms with E-state index in [1.54, 1.807) is 0 Å². The number of hydrogen-bond acceptors (Lipinski definition) is 0. The highest BCUT2D eigenvalue weighted by Gasteiger charge is 1.85. The van der Waals surface area contributed by atoms with Gasteiger partial charge in [-0.2, -0.15) is 0 Å². The van der Waals surface area contributed by atoms with E-state index in [9.17, 15) is 0 Å². The summed E-state index contributed by atoms with van der Waals surface area (Å²) < 4.78 is 0. The molecule has 0 unspecified atom stereocenters. The molecule has 72 valence electrons. The van der Waals surface area contributed by atoms with Gasteiger partial charge >= 0.3 is 0 Å². The van der Waals surface area contributed by atoms with Gasteiger partial charge in [0.2, 0.25) is 0 Å². The summed E-state index contributed by atoms with van der Waals surface area (Å²) in [7, 11) is 0. The van der Waals surface area contributed by atoms with Gasteiger partial charge in [0, 0.05) is 0 Å². The van der Waals surface area contributed by atoms with Crippen molar-refractivity contribution in [2.45, 2.75) is 73.6 Å². The molecule has 0 rings (SSSR count). The molecule has 0 aliphatic heterocycles. The molecule has 0 aliphatic rings. The zero-order valence-electron chi connectivity index (χ0n) is 6.95. The molecule has 0 amide bonds. The minimum absolute atomic E-state index is 0. The third kappa shape index (κ3) is 17.8. The summed E-state index contributed by atoms with van der Waals surface area (Å²) in [5.74, 6) is 0. The summed E-state index contributed by atoms with van der Waals surface area (Å²) in [4.78, 5) is 0. The second-order valence-electron chi connectivity index (χ2n) is 2.77. The Morgan fingerprint density at radius 2 is 0.818 bits per heavy atom. The highest BCUT2D eigenvalue weighted by Crippen LogP contribution is 2.05. The van der Waals surface area contributed by atoms with Crippen LogP contribution in [-0.4, -0.2) is 0 Å². The Bertz CT molecular complexity index is 33.3. The average molecular weight is 160 g/mol. The zero-order chi connectivity index (χ0) is 6.95. The van der Waals surface area contributed by atoms with E-state index < -0.39 is 0 Å². The molecule has 0 atom stereocenters. The second kappa shape index (κ2) is 16.5. The summed E-state index contributed by atoms with van der Waals surface area (Å²) in [6, 6.07) is 0. The van der Waals surface area contributed by atoms with Crippen molar-refractivity contribution in [1.82, 2.24) is 0 Å². The molecule has 0 aliphatic carbocycles. The van der Waals surface area contributed by atoms with Crippen LogP contribution in [0.15, 0.2) is 0 Å². The van der Waals surface area contributed by atoms with Crippen LogP contribution in [-0.2, 0) is 0 Å². The standard InChI is InChI=1S/C9H20.2CH4/c1-3-5-7-9-8-6-4-2;;/h3-9H2,1-2H3;2*1H4. The Hall–Kier alpha value is 0. The number of unbranched alkanes of at least 4 members (excludes halogenated alkanes) is 6. The predicted octanol–water partition coefficient (Wildman–Crippen LogP) is 5.03. The topological polar surface area (TPSA) is 0 Å². The molecule has 0 aromatic rings. The lowest BCUT2D eigenvalue weighted by atomic mass is 10.1. The first-order valence-electron chi connectivity index (χ1n) is 4.41. The second-order valence-corrected chi connectivity index (χ2v) is 2.77. The smallest absolute Gasteiger partial charge is 0.0533 e. The van der Waals surface area contributed by atoms with Gasteiger partial charge in [-0.25, -0.2) is 0 Å². The summed E-state index contributed by atoms with van der Waals surface area (Å²) in [5.41, 5.74) is 0. The van der Waals surface area contributed by atoms with Gasteiger partial charge < -0.3 is 0 Å². The molecule has 0 nitrogen and oxygen atoms in total. The van der Waals surface area contributed by atoms with Gasteiger partial charge in [0.1, 0.15) is 0 Å². The molecule has 0 saturated heterocycles. The van der Waals surface area contributed by atoms with Crippen LogP contribution < -0.4 is 0 Å². The lowest BCUT2D eigenvalue weighted by Crippen LogP contribution is -1.76. The summed E-state index contributed by atoms with van der Waals surface area (Å²) in [6.07, 6.45) is 9.97. The van der Waals surface area contributed by atoms with Gasteiger partial charge in [-0.1, -0.05) is 73.6 Å². The Kier molecular flexibility index (Phi) is 25.8. The molecule has 0 N–H and O–H groups in total. The monoisotopic (exact) mass is 160 g/mol. The summed E-state index contributed by atoms with van der Waals surface area (Å²) in [5, 5.41) is 0. The van der Waals surface area contributed by atoms with Gasteiger partial charge in [-0.3, -0.25) is 0 Å². The van der Waals surface area contributed by atoms with Crippen molar-refractivity contribution < 1.29 is 0 Å². The molecule has 0 aromatic heterocycles. The first kappa shape index (κ1) is 17.2. The van der Waals surface area contributed by atoms with Crippen LogP contribution in [0.4, 0.5) is 0 Å². The molecule has 0 spiro atoms. The average Bonchev–Trinajstić information content (AvgIpc) is 1.89. The van der Waals surface area contributed by atoms with Crippen molar-refractivity contribution >= 4 is 0 Å². The third-order valence-corrected chi connectivity index (χ3v) is 1.71. The fourth-order valence-corrected chi connectivity index (χ4v) is 1.03. The molecular formula is C11H28. The number of rotatable bonds is 6. The van der Waals surface area contributed by atoms with Gasteiger partial charge in [-0.05, 0) is 0 Å². The maximum Gasteiger partial charge on any atom is -0.0533 e. The number of hydrogen-bond donors (Lipinski definition) is 0. The van der Waals surface area contributed by atoms with Crippen LogP contribution in [0, 0.1) is 0 Å². The molecule has 0 aromatic carbocycles. The minimum atomic E-state index is 0.